The Morgan fingerprint density at radius 1 is 1.14 bits per heavy atom. The van der Waals surface area contributed by atoms with Gasteiger partial charge < -0.3 is 15.5 Å². The average Bonchev–Trinajstić information content (AvgIpc) is 2.68. The quantitative estimate of drug-likeness (QED) is 0.747. The second-order valence-corrected chi connectivity index (χ2v) is 5.76. The maximum atomic E-state index is 12.3. The van der Waals surface area contributed by atoms with Crippen LogP contribution < -0.4 is 5.32 Å². The third kappa shape index (κ3) is 3.35. The van der Waals surface area contributed by atoms with Gasteiger partial charge in [-0.15, -0.1) is 0 Å². The van der Waals surface area contributed by atoms with E-state index in [1.54, 1.807) is 19.1 Å². The lowest BCUT2D eigenvalue weighted by Gasteiger charge is -2.29. The zero-order valence-electron chi connectivity index (χ0n) is 12.2. The number of aromatic hydroxyl groups is 1. The van der Waals surface area contributed by atoms with Crippen LogP contribution in [0.3, 0.4) is 0 Å². The molecule has 1 fully saturated rings. The molecule has 2 rings (SSSR count). The van der Waals surface area contributed by atoms with Crippen molar-refractivity contribution in [2.45, 2.75) is 51.0 Å². The number of rotatable bonds is 3. The molecule has 1 aromatic carbocycles. The van der Waals surface area contributed by atoms with Crippen molar-refractivity contribution in [3.63, 3.8) is 0 Å². The number of hydrogen-bond donors (Lipinski definition) is 3. The highest BCUT2D eigenvalue weighted by molar-refractivity contribution is 5.98. The fourth-order valence-corrected chi connectivity index (χ4v) is 2.76. The lowest BCUT2D eigenvalue weighted by molar-refractivity contribution is -0.145. The third-order valence-electron chi connectivity index (χ3n) is 4.19. The van der Waals surface area contributed by atoms with Crippen LogP contribution in [0.2, 0.25) is 0 Å². The maximum Gasteiger partial charge on any atom is 0.329 e. The van der Waals surface area contributed by atoms with Crippen molar-refractivity contribution in [3.8, 4) is 5.75 Å². The van der Waals surface area contributed by atoms with Crippen LogP contribution in [0.1, 0.15) is 54.4 Å². The molecular weight excluding hydrogens is 270 g/mol. The van der Waals surface area contributed by atoms with Gasteiger partial charge in [0.15, 0.2) is 0 Å². The molecule has 1 aliphatic carbocycles. The molecule has 3 N–H and O–H groups in total. The molecule has 0 aromatic heterocycles. The molecule has 0 aliphatic heterocycles. The summed E-state index contributed by atoms with van der Waals surface area (Å²) >= 11 is 0. The smallest absolute Gasteiger partial charge is 0.329 e. The van der Waals surface area contributed by atoms with Crippen LogP contribution >= 0.6 is 0 Å². The first-order valence-corrected chi connectivity index (χ1v) is 7.30. The summed E-state index contributed by atoms with van der Waals surface area (Å²) in [6.07, 6.45) is 4.49. The molecule has 1 amide bonds. The van der Waals surface area contributed by atoms with E-state index in [9.17, 15) is 19.8 Å². The minimum absolute atomic E-state index is 0.0351. The van der Waals surface area contributed by atoms with E-state index < -0.39 is 17.4 Å². The van der Waals surface area contributed by atoms with E-state index in [1.165, 1.54) is 6.07 Å². The van der Waals surface area contributed by atoms with Gasteiger partial charge in [-0.2, -0.15) is 0 Å². The highest BCUT2D eigenvalue weighted by Crippen LogP contribution is 2.28. The summed E-state index contributed by atoms with van der Waals surface area (Å²) in [5.41, 5.74) is -0.231. The van der Waals surface area contributed by atoms with Gasteiger partial charge in [-0.1, -0.05) is 31.7 Å². The number of nitrogens with one attached hydrogen (secondary N) is 1. The van der Waals surface area contributed by atoms with Crippen LogP contribution in [0.15, 0.2) is 18.2 Å². The van der Waals surface area contributed by atoms with Crippen molar-refractivity contribution in [3.05, 3.63) is 29.3 Å². The van der Waals surface area contributed by atoms with Crippen LogP contribution in [-0.4, -0.2) is 27.6 Å². The number of carboxylic acid groups (broad SMARTS) is 1. The van der Waals surface area contributed by atoms with Gasteiger partial charge in [0.2, 0.25) is 0 Å². The van der Waals surface area contributed by atoms with Crippen LogP contribution in [-0.2, 0) is 4.79 Å². The summed E-state index contributed by atoms with van der Waals surface area (Å²) in [7, 11) is 0. The van der Waals surface area contributed by atoms with E-state index in [-0.39, 0.29) is 11.3 Å². The Hall–Kier alpha value is -2.04. The molecule has 1 aromatic rings. The van der Waals surface area contributed by atoms with E-state index in [4.69, 9.17) is 0 Å². The van der Waals surface area contributed by atoms with Gasteiger partial charge in [0, 0.05) is 5.56 Å². The van der Waals surface area contributed by atoms with Crippen molar-refractivity contribution in [2.24, 2.45) is 0 Å². The molecule has 0 bridgehead atoms. The first kappa shape index (κ1) is 15.4. The van der Waals surface area contributed by atoms with Crippen molar-refractivity contribution in [1.29, 1.82) is 0 Å². The van der Waals surface area contributed by atoms with Crippen molar-refractivity contribution in [2.75, 3.05) is 0 Å². The fraction of sp³-hybridized carbons (Fsp3) is 0.500. The summed E-state index contributed by atoms with van der Waals surface area (Å²) in [4.78, 5) is 24.0. The topological polar surface area (TPSA) is 86.6 Å². The lowest BCUT2D eigenvalue weighted by Crippen LogP contribution is -2.54. The van der Waals surface area contributed by atoms with E-state index in [1.807, 2.05) is 0 Å². The second kappa shape index (κ2) is 6.16. The van der Waals surface area contributed by atoms with Gasteiger partial charge in [0.05, 0.1) is 0 Å². The van der Waals surface area contributed by atoms with E-state index >= 15 is 0 Å². The van der Waals surface area contributed by atoms with E-state index in [2.05, 4.69) is 5.32 Å². The predicted molar refractivity (Wildman–Crippen MR) is 78.4 cm³/mol. The number of carboxylic acids is 1. The Morgan fingerprint density at radius 2 is 1.76 bits per heavy atom. The first-order chi connectivity index (χ1) is 9.94. The summed E-state index contributed by atoms with van der Waals surface area (Å²) in [6.45, 7) is 1.74. The number of aryl methyl sites for hydroxylation is 1. The molecule has 114 valence electrons. The molecule has 0 atom stereocenters. The number of amides is 1. The predicted octanol–water partition coefficient (Wildman–Crippen LogP) is 2.61. The van der Waals surface area contributed by atoms with Crippen LogP contribution in [0.5, 0.6) is 5.75 Å². The zero-order chi connectivity index (χ0) is 15.5. The summed E-state index contributed by atoms with van der Waals surface area (Å²) in [5, 5.41) is 21.9. The molecule has 0 spiro atoms. The van der Waals surface area contributed by atoms with Gasteiger partial charge in [-0.25, -0.2) is 4.79 Å². The van der Waals surface area contributed by atoms with Gasteiger partial charge in [0.1, 0.15) is 11.3 Å². The number of carbonyl (C=O) groups excluding carboxylic acids is 1. The van der Waals surface area contributed by atoms with E-state index in [0.29, 0.717) is 18.4 Å². The normalized spacial score (nSPS) is 17.8. The monoisotopic (exact) mass is 291 g/mol. The van der Waals surface area contributed by atoms with Gasteiger partial charge in [-0.3, -0.25) is 4.79 Å². The van der Waals surface area contributed by atoms with Crippen molar-refractivity contribution >= 4 is 11.9 Å². The number of benzene rings is 1. The molecule has 0 saturated heterocycles. The first-order valence-electron chi connectivity index (χ1n) is 7.30. The second-order valence-electron chi connectivity index (χ2n) is 5.76. The third-order valence-corrected chi connectivity index (χ3v) is 4.19. The molecule has 0 unspecified atom stereocenters. The highest BCUT2D eigenvalue weighted by atomic mass is 16.4. The number of phenols is 1. The van der Waals surface area contributed by atoms with Gasteiger partial charge in [0.25, 0.3) is 5.91 Å². The van der Waals surface area contributed by atoms with Gasteiger partial charge >= 0.3 is 5.97 Å². The Balaban J connectivity index is 2.21. The molecular formula is C16H21NO4. The summed E-state index contributed by atoms with van der Waals surface area (Å²) in [6, 6.07) is 4.61. The maximum absolute atomic E-state index is 12.3. The van der Waals surface area contributed by atoms with Gasteiger partial charge in [-0.05, 0) is 37.5 Å². The zero-order valence-corrected chi connectivity index (χ0v) is 12.2. The number of aliphatic carboxylic acids is 1. The molecule has 5 nitrogen and oxygen atoms in total. The van der Waals surface area contributed by atoms with E-state index in [0.717, 1.165) is 25.7 Å². The van der Waals surface area contributed by atoms with Crippen molar-refractivity contribution < 1.29 is 19.8 Å². The average molecular weight is 291 g/mol. The minimum atomic E-state index is -1.19. The lowest BCUT2D eigenvalue weighted by atomic mass is 9.89. The molecule has 1 aliphatic rings. The molecule has 5 heteroatoms. The van der Waals surface area contributed by atoms with Crippen LogP contribution in [0, 0.1) is 6.92 Å². The van der Waals surface area contributed by atoms with Crippen molar-refractivity contribution in [1.82, 2.24) is 5.32 Å². The SMILES string of the molecule is Cc1ccc(C(=O)NC2(C(=O)O)CCCCCC2)cc1O. The Bertz CT molecular complexity index is 545. The number of carbonyl (C=O) groups is 2. The largest absolute Gasteiger partial charge is 0.508 e. The summed E-state index contributed by atoms with van der Waals surface area (Å²) in [5.74, 6) is -1.39. The Labute approximate surface area is 124 Å². The Morgan fingerprint density at radius 3 is 2.29 bits per heavy atom. The molecule has 0 radical (unpaired) electrons. The van der Waals surface area contributed by atoms with Crippen LogP contribution in [0.4, 0.5) is 0 Å². The number of hydrogen-bond acceptors (Lipinski definition) is 3. The highest BCUT2D eigenvalue weighted by Gasteiger charge is 2.40. The molecule has 21 heavy (non-hydrogen) atoms. The Kier molecular flexibility index (Phi) is 4.50. The minimum Gasteiger partial charge on any atom is -0.508 e. The standard InChI is InChI=1S/C16H21NO4/c1-11-6-7-12(10-13(11)18)14(19)17-16(15(20)21)8-4-2-3-5-9-16/h6-7,10,18H,2-5,8-9H2,1H3,(H,17,19)(H,20,21). The summed E-state index contributed by atoms with van der Waals surface area (Å²) < 4.78 is 0. The fourth-order valence-electron chi connectivity index (χ4n) is 2.76. The van der Waals surface area contributed by atoms with Crippen LogP contribution in [0.25, 0.3) is 0 Å². The molecule has 1 saturated carbocycles. The molecule has 0 heterocycles. The number of phenolic OH excluding ortho intramolecular Hbond substituents is 1.